The van der Waals surface area contributed by atoms with Crippen molar-refractivity contribution in [3.8, 4) is 5.75 Å². The first kappa shape index (κ1) is 15.3. The van der Waals surface area contributed by atoms with Gasteiger partial charge in [0.15, 0.2) is 0 Å². The molecular formula is C15H20N2O4. The van der Waals surface area contributed by atoms with Crippen LogP contribution in [0.1, 0.15) is 37.3 Å². The highest BCUT2D eigenvalue weighted by molar-refractivity contribution is 6.06. The van der Waals surface area contributed by atoms with Crippen LogP contribution in [0.4, 0.5) is 0 Å². The van der Waals surface area contributed by atoms with E-state index in [9.17, 15) is 9.90 Å². The van der Waals surface area contributed by atoms with Crippen molar-refractivity contribution in [3.05, 3.63) is 29.3 Å². The number of benzene rings is 1. The zero-order valence-electron chi connectivity index (χ0n) is 12.4. The maximum absolute atomic E-state index is 11.4. The fourth-order valence-corrected chi connectivity index (χ4v) is 2.24. The van der Waals surface area contributed by atoms with Crippen LogP contribution in [0.25, 0.3) is 0 Å². The molecule has 0 aromatic heterocycles. The molecule has 6 nitrogen and oxygen atoms in total. The normalized spacial score (nSPS) is 21.1. The average Bonchev–Trinajstić information content (AvgIpc) is 2.92. The van der Waals surface area contributed by atoms with Crippen molar-refractivity contribution in [2.75, 3.05) is 13.7 Å². The van der Waals surface area contributed by atoms with E-state index in [1.807, 2.05) is 18.2 Å². The Bertz CT molecular complexity index is 583. The van der Waals surface area contributed by atoms with Crippen molar-refractivity contribution >= 4 is 11.7 Å². The topological polar surface area (TPSA) is 94.1 Å². The summed E-state index contributed by atoms with van der Waals surface area (Å²) in [5.74, 6) is -0.126. The van der Waals surface area contributed by atoms with Gasteiger partial charge in [0.05, 0.1) is 12.8 Å². The fraction of sp³-hybridized carbons (Fsp3) is 0.467. The summed E-state index contributed by atoms with van der Waals surface area (Å²) in [5.41, 5.74) is 6.48. The molecule has 21 heavy (non-hydrogen) atoms. The highest BCUT2D eigenvalue weighted by Crippen LogP contribution is 2.32. The second-order valence-electron chi connectivity index (χ2n) is 5.42. The van der Waals surface area contributed by atoms with Gasteiger partial charge in [0.25, 0.3) is 5.60 Å². The van der Waals surface area contributed by atoms with Crippen molar-refractivity contribution in [1.82, 2.24) is 0 Å². The molecule has 6 heteroatoms. The van der Waals surface area contributed by atoms with Gasteiger partial charge in [0.1, 0.15) is 5.75 Å². The molecular weight excluding hydrogens is 272 g/mol. The standard InChI is InChI=1S/C15H20N2O4/c1-9(2)10-4-5-13(20-3)11(6-10)12-7-15(8-16,14(18)19)21-17-12/h4-6,9H,7-8,16H2,1-3H3,(H,18,19). The van der Waals surface area contributed by atoms with Crippen LogP contribution in [0.3, 0.4) is 0 Å². The smallest absolute Gasteiger partial charge is 0.352 e. The van der Waals surface area contributed by atoms with Crippen LogP contribution in [0, 0.1) is 0 Å². The third-order valence-corrected chi connectivity index (χ3v) is 3.70. The first-order chi connectivity index (χ1) is 9.93. The first-order valence-electron chi connectivity index (χ1n) is 6.80. The number of aliphatic carboxylic acids is 1. The maximum atomic E-state index is 11.4. The third-order valence-electron chi connectivity index (χ3n) is 3.70. The lowest BCUT2D eigenvalue weighted by Gasteiger charge is -2.19. The molecule has 1 aliphatic heterocycles. The zero-order chi connectivity index (χ0) is 15.6. The molecule has 0 bridgehead atoms. The molecule has 0 radical (unpaired) electrons. The van der Waals surface area contributed by atoms with Crippen molar-refractivity contribution in [2.24, 2.45) is 10.9 Å². The lowest BCUT2D eigenvalue weighted by molar-refractivity contribution is -0.161. The minimum atomic E-state index is -1.48. The fourth-order valence-electron chi connectivity index (χ4n) is 2.24. The van der Waals surface area contributed by atoms with Gasteiger partial charge in [-0.25, -0.2) is 4.79 Å². The minimum Gasteiger partial charge on any atom is -0.496 e. The van der Waals surface area contributed by atoms with E-state index in [2.05, 4.69) is 19.0 Å². The van der Waals surface area contributed by atoms with E-state index in [1.165, 1.54) is 0 Å². The Kier molecular flexibility index (Phi) is 4.18. The van der Waals surface area contributed by atoms with E-state index in [1.54, 1.807) is 7.11 Å². The molecule has 0 amide bonds. The zero-order valence-corrected chi connectivity index (χ0v) is 12.4. The molecule has 1 heterocycles. The molecule has 1 aliphatic rings. The molecule has 1 aromatic rings. The number of hydrogen-bond donors (Lipinski definition) is 2. The summed E-state index contributed by atoms with van der Waals surface area (Å²) in [4.78, 5) is 16.5. The van der Waals surface area contributed by atoms with E-state index in [0.29, 0.717) is 17.4 Å². The third kappa shape index (κ3) is 2.71. The summed E-state index contributed by atoms with van der Waals surface area (Å²) < 4.78 is 5.34. The molecule has 114 valence electrons. The Hall–Kier alpha value is -2.08. The number of nitrogens with two attached hydrogens (primary N) is 1. The monoisotopic (exact) mass is 292 g/mol. The van der Waals surface area contributed by atoms with Gasteiger partial charge in [-0.05, 0) is 23.6 Å². The Morgan fingerprint density at radius 3 is 2.76 bits per heavy atom. The Morgan fingerprint density at radius 2 is 2.29 bits per heavy atom. The van der Waals surface area contributed by atoms with Crippen LogP contribution >= 0.6 is 0 Å². The van der Waals surface area contributed by atoms with Crippen LogP contribution < -0.4 is 10.5 Å². The Morgan fingerprint density at radius 1 is 1.57 bits per heavy atom. The van der Waals surface area contributed by atoms with Crippen LogP contribution in [-0.4, -0.2) is 36.0 Å². The molecule has 0 saturated carbocycles. The molecule has 1 atom stereocenters. The Balaban J connectivity index is 2.39. The molecule has 3 N–H and O–H groups in total. The number of carbonyl (C=O) groups is 1. The van der Waals surface area contributed by atoms with E-state index in [4.69, 9.17) is 15.3 Å². The predicted octanol–water partition coefficient (Wildman–Crippen LogP) is 1.73. The second kappa shape index (κ2) is 5.73. The maximum Gasteiger partial charge on any atom is 0.352 e. The summed E-state index contributed by atoms with van der Waals surface area (Å²) in [5, 5.41) is 13.2. The number of ether oxygens (including phenoxy) is 1. The number of hydrogen-bond acceptors (Lipinski definition) is 5. The number of oxime groups is 1. The molecule has 1 aromatic carbocycles. The van der Waals surface area contributed by atoms with Crippen molar-refractivity contribution < 1.29 is 19.5 Å². The van der Waals surface area contributed by atoms with E-state index < -0.39 is 11.6 Å². The highest BCUT2D eigenvalue weighted by atomic mass is 16.7. The van der Waals surface area contributed by atoms with Gasteiger partial charge in [0.2, 0.25) is 0 Å². The quantitative estimate of drug-likeness (QED) is 0.861. The van der Waals surface area contributed by atoms with Crippen LogP contribution in [0.5, 0.6) is 5.75 Å². The van der Waals surface area contributed by atoms with Crippen LogP contribution in [0.15, 0.2) is 23.4 Å². The number of rotatable bonds is 5. The summed E-state index contributed by atoms with van der Waals surface area (Å²) >= 11 is 0. The van der Waals surface area contributed by atoms with Gasteiger partial charge in [-0.15, -0.1) is 0 Å². The average molecular weight is 292 g/mol. The lowest BCUT2D eigenvalue weighted by atomic mass is 9.91. The number of nitrogens with zero attached hydrogens (tertiary/aromatic N) is 1. The molecule has 0 aliphatic carbocycles. The number of carboxylic acids is 1. The van der Waals surface area contributed by atoms with Crippen LogP contribution in [0.2, 0.25) is 0 Å². The van der Waals surface area contributed by atoms with Gasteiger partial charge in [-0.3, -0.25) is 0 Å². The van der Waals surface area contributed by atoms with Crippen molar-refractivity contribution in [3.63, 3.8) is 0 Å². The molecule has 2 rings (SSSR count). The first-order valence-corrected chi connectivity index (χ1v) is 6.80. The summed E-state index contributed by atoms with van der Waals surface area (Å²) in [7, 11) is 1.57. The Labute approximate surface area is 123 Å². The van der Waals surface area contributed by atoms with E-state index in [0.717, 1.165) is 11.1 Å². The van der Waals surface area contributed by atoms with Gasteiger partial charge < -0.3 is 20.4 Å². The molecule has 1 unspecified atom stereocenters. The van der Waals surface area contributed by atoms with Crippen molar-refractivity contribution in [1.29, 1.82) is 0 Å². The van der Waals surface area contributed by atoms with Crippen LogP contribution in [-0.2, 0) is 9.63 Å². The van der Waals surface area contributed by atoms with Gasteiger partial charge in [-0.2, -0.15) is 0 Å². The lowest BCUT2D eigenvalue weighted by Crippen LogP contribution is -2.45. The molecule has 0 fully saturated rings. The molecule has 0 spiro atoms. The number of methoxy groups -OCH3 is 1. The van der Waals surface area contributed by atoms with Gasteiger partial charge in [-0.1, -0.05) is 25.1 Å². The highest BCUT2D eigenvalue weighted by Gasteiger charge is 2.46. The van der Waals surface area contributed by atoms with Gasteiger partial charge >= 0.3 is 5.97 Å². The van der Waals surface area contributed by atoms with Gasteiger partial charge in [0, 0.05) is 18.5 Å². The second-order valence-corrected chi connectivity index (χ2v) is 5.42. The summed E-state index contributed by atoms with van der Waals surface area (Å²) in [6.45, 7) is 4.03. The van der Waals surface area contributed by atoms with E-state index in [-0.39, 0.29) is 13.0 Å². The minimum absolute atomic E-state index is 0.122. The summed E-state index contributed by atoms with van der Waals surface area (Å²) in [6, 6.07) is 5.80. The molecule has 0 saturated heterocycles. The summed E-state index contributed by atoms with van der Waals surface area (Å²) in [6.07, 6.45) is 0.122. The SMILES string of the molecule is COc1ccc(C(C)C)cc1C1=NOC(CN)(C(=O)O)C1. The van der Waals surface area contributed by atoms with Crippen molar-refractivity contribution in [2.45, 2.75) is 31.8 Å². The number of carboxylic acid groups (broad SMARTS) is 1. The largest absolute Gasteiger partial charge is 0.496 e. The predicted molar refractivity (Wildman–Crippen MR) is 78.7 cm³/mol. The van der Waals surface area contributed by atoms with E-state index >= 15 is 0 Å².